The number of benzene rings is 2. The summed E-state index contributed by atoms with van der Waals surface area (Å²) in [5.41, 5.74) is 2.41. The second-order valence-electron chi connectivity index (χ2n) is 6.18. The summed E-state index contributed by atoms with van der Waals surface area (Å²) in [6.07, 6.45) is -4.95. The monoisotopic (exact) mass is 387 g/mol. The summed E-state index contributed by atoms with van der Waals surface area (Å²) in [6.45, 7) is 3.70. The Morgan fingerprint density at radius 3 is 1.96 bits per heavy atom. The topological polar surface area (TPSA) is 66.4 Å². The fourth-order valence-corrected chi connectivity index (χ4v) is 2.85. The Morgan fingerprint density at radius 2 is 1.58 bits per heavy atom. The molecule has 0 radical (unpaired) electrons. The van der Waals surface area contributed by atoms with E-state index in [9.17, 15) is 21.6 Å². The number of hydrogen-bond acceptors (Lipinski definition) is 3. The first-order valence-corrected chi connectivity index (χ1v) is 9.39. The van der Waals surface area contributed by atoms with Gasteiger partial charge in [0.2, 0.25) is 0 Å². The van der Waals surface area contributed by atoms with Gasteiger partial charge in [-0.25, -0.2) is 0 Å². The maximum atomic E-state index is 12.1. The van der Waals surface area contributed by atoms with E-state index in [0.29, 0.717) is 11.5 Å². The van der Waals surface area contributed by atoms with Crippen molar-refractivity contribution in [2.24, 2.45) is 0 Å². The Bertz CT molecular complexity index is 812. The molecule has 3 rings (SSSR count). The molecule has 1 saturated heterocycles. The predicted octanol–water partition coefficient (Wildman–Crippen LogP) is 3.72. The molecule has 1 fully saturated rings. The van der Waals surface area contributed by atoms with Crippen LogP contribution < -0.4 is 5.32 Å². The molecule has 142 valence electrons. The molecule has 2 N–H and O–H groups in total. The van der Waals surface area contributed by atoms with Crippen molar-refractivity contribution >= 4 is 10.1 Å². The van der Waals surface area contributed by atoms with Gasteiger partial charge in [-0.05, 0) is 30.2 Å². The highest BCUT2D eigenvalue weighted by Crippen LogP contribution is 2.24. The zero-order valence-corrected chi connectivity index (χ0v) is 14.9. The highest BCUT2D eigenvalue weighted by molar-refractivity contribution is 7.85. The molecule has 0 unspecified atom stereocenters. The number of hydrogen-bond donors (Lipinski definition) is 2. The fraction of sp³-hybridized carbons (Fsp3) is 0.333. The van der Waals surface area contributed by atoms with Crippen LogP contribution in [0.15, 0.2) is 53.4 Å². The van der Waals surface area contributed by atoms with E-state index in [4.69, 9.17) is 4.55 Å². The van der Waals surface area contributed by atoms with Gasteiger partial charge < -0.3 is 5.32 Å². The number of nitrogens with one attached hydrogen (secondary N) is 1. The van der Waals surface area contributed by atoms with Crippen molar-refractivity contribution in [2.45, 2.75) is 30.3 Å². The molecule has 0 spiro atoms. The molecule has 2 aromatic carbocycles. The third kappa shape index (κ3) is 6.44. The maximum Gasteiger partial charge on any atom is 0.393 e. The van der Waals surface area contributed by atoms with Crippen LogP contribution in [0.2, 0.25) is 0 Å². The normalized spacial score (nSPS) is 15.0. The van der Waals surface area contributed by atoms with E-state index in [2.05, 4.69) is 5.32 Å². The van der Waals surface area contributed by atoms with E-state index in [0.717, 1.165) is 24.2 Å². The van der Waals surface area contributed by atoms with Crippen LogP contribution in [0.4, 0.5) is 13.2 Å². The van der Waals surface area contributed by atoms with Crippen molar-refractivity contribution in [3.8, 4) is 0 Å². The first kappa shape index (κ1) is 20.4. The highest BCUT2D eigenvalue weighted by atomic mass is 32.2. The molecule has 26 heavy (non-hydrogen) atoms. The van der Waals surface area contributed by atoms with E-state index >= 15 is 0 Å². The highest BCUT2D eigenvalue weighted by Gasteiger charge is 2.27. The molecule has 0 saturated carbocycles. The quantitative estimate of drug-likeness (QED) is 0.788. The smallest absolute Gasteiger partial charge is 0.315 e. The third-order valence-electron chi connectivity index (χ3n) is 3.96. The summed E-state index contributed by atoms with van der Waals surface area (Å²) in [5.74, 6) is 0.477. The Hall–Kier alpha value is -1.90. The Kier molecular flexibility index (Phi) is 6.44. The largest absolute Gasteiger partial charge is 0.393 e. The van der Waals surface area contributed by atoms with Crippen LogP contribution >= 0.6 is 0 Å². The molecule has 0 aliphatic carbocycles. The summed E-state index contributed by atoms with van der Waals surface area (Å²) in [4.78, 5) is -0.0666. The van der Waals surface area contributed by atoms with Gasteiger partial charge in [0.05, 0.1) is 11.3 Å². The average Bonchev–Trinajstić information content (AvgIpc) is 2.46. The molecule has 0 aromatic heterocycles. The van der Waals surface area contributed by atoms with E-state index in [1.165, 1.54) is 12.1 Å². The lowest BCUT2D eigenvalue weighted by Gasteiger charge is -2.27. The number of aryl methyl sites for hydroxylation is 1. The Morgan fingerprint density at radius 1 is 1.04 bits per heavy atom. The minimum absolute atomic E-state index is 0.0666. The molecule has 2 aromatic rings. The lowest BCUT2D eigenvalue weighted by Crippen LogP contribution is -2.39. The summed E-state index contributed by atoms with van der Waals surface area (Å²) in [6, 6.07) is 12.7. The molecule has 8 heteroatoms. The van der Waals surface area contributed by atoms with Gasteiger partial charge in [0, 0.05) is 19.0 Å². The second-order valence-corrected chi connectivity index (χ2v) is 7.60. The standard InChI is InChI=1S/C11H12F3N.C7H8O3S/c12-11(13,14)5-8-1-3-9(4-2-8)10-6-15-7-10;1-6-2-4-7(5-3-6)11(8,9)10/h1-4,10,15H,5-7H2;2-5H,1H3,(H,8,9,10). The first-order valence-electron chi connectivity index (χ1n) is 7.95. The molecule has 0 amide bonds. The van der Waals surface area contributed by atoms with Crippen molar-refractivity contribution in [1.82, 2.24) is 5.32 Å². The lowest BCUT2D eigenvalue weighted by molar-refractivity contribution is -0.127. The minimum Gasteiger partial charge on any atom is -0.315 e. The number of alkyl halides is 3. The van der Waals surface area contributed by atoms with Gasteiger partial charge >= 0.3 is 6.18 Å². The molecule has 0 atom stereocenters. The molecule has 1 aliphatic heterocycles. The van der Waals surface area contributed by atoms with Crippen molar-refractivity contribution in [1.29, 1.82) is 0 Å². The van der Waals surface area contributed by atoms with E-state index in [-0.39, 0.29) is 4.90 Å². The zero-order valence-electron chi connectivity index (χ0n) is 14.1. The van der Waals surface area contributed by atoms with Gasteiger partial charge in [-0.1, -0.05) is 42.0 Å². The van der Waals surface area contributed by atoms with Crippen molar-refractivity contribution in [2.75, 3.05) is 13.1 Å². The van der Waals surface area contributed by atoms with Crippen LogP contribution in [0, 0.1) is 6.92 Å². The van der Waals surface area contributed by atoms with Gasteiger partial charge in [-0.15, -0.1) is 0 Å². The lowest BCUT2D eigenvalue weighted by atomic mass is 9.93. The van der Waals surface area contributed by atoms with Crippen LogP contribution in [-0.4, -0.2) is 32.2 Å². The summed E-state index contributed by atoms with van der Waals surface area (Å²) in [7, 11) is -4.02. The van der Waals surface area contributed by atoms with Gasteiger partial charge in [0.25, 0.3) is 10.1 Å². The van der Waals surface area contributed by atoms with Crippen molar-refractivity contribution in [3.63, 3.8) is 0 Å². The summed E-state index contributed by atoms with van der Waals surface area (Å²) < 4.78 is 65.8. The van der Waals surface area contributed by atoms with Crippen molar-refractivity contribution < 1.29 is 26.1 Å². The third-order valence-corrected chi connectivity index (χ3v) is 4.82. The Labute approximate surface area is 150 Å². The SMILES string of the molecule is Cc1ccc(S(=O)(=O)O)cc1.FC(F)(F)Cc1ccc(C2CNC2)cc1. The fourth-order valence-electron chi connectivity index (χ4n) is 2.37. The van der Waals surface area contributed by atoms with Crippen molar-refractivity contribution in [3.05, 3.63) is 65.2 Å². The number of rotatable bonds is 3. The molecule has 0 bridgehead atoms. The van der Waals surface area contributed by atoms with Crippen LogP contribution in [0.3, 0.4) is 0 Å². The molecule has 1 heterocycles. The minimum atomic E-state index is -4.11. The van der Waals surface area contributed by atoms with Crippen LogP contribution in [0.1, 0.15) is 22.6 Å². The summed E-state index contributed by atoms with van der Waals surface area (Å²) >= 11 is 0. The van der Waals surface area contributed by atoms with E-state index < -0.39 is 22.7 Å². The van der Waals surface area contributed by atoms with Gasteiger partial charge in [-0.2, -0.15) is 21.6 Å². The molecule has 4 nitrogen and oxygen atoms in total. The average molecular weight is 387 g/mol. The van der Waals surface area contributed by atoms with Crippen LogP contribution in [0.5, 0.6) is 0 Å². The molecule has 1 aliphatic rings. The maximum absolute atomic E-state index is 12.1. The van der Waals surface area contributed by atoms with Gasteiger partial charge in [-0.3, -0.25) is 4.55 Å². The van der Waals surface area contributed by atoms with Crippen LogP contribution in [-0.2, 0) is 16.5 Å². The van der Waals surface area contributed by atoms with Gasteiger partial charge in [0.1, 0.15) is 0 Å². The molecular weight excluding hydrogens is 367 g/mol. The summed E-state index contributed by atoms with van der Waals surface area (Å²) in [5, 5.41) is 3.13. The predicted molar refractivity (Wildman–Crippen MR) is 92.8 cm³/mol. The molecular formula is C18H20F3NO3S. The Balaban J connectivity index is 0.000000197. The van der Waals surface area contributed by atoms with Gasteiger partial charge in [0.15, 0.2) is 0 Å². The van der Waals surface area contributed by atoms with Crippen LogP contribution in [0.25, 0.3) is 0 Å². The first-order chi connectivity index (χ1) is 12.0. The number of halogens is 3. The zero-order chi connectivity index (χ0) is 19.4. The second kappa shape index (κ2) is 8.20. The van der Waals surface area contributed by atoms with E-state index in [1.807, 2.05) is 6.92 Å². The van der Waals surface area contributed by atoms with E-state index in [1.54, 1.807) is 36.4 Å².